The van der Waals surface area contributed by atoms with Crippen LogP contribution in [0.25, 0.3) is 16.6 Å². The number of fused-ring (bicyclic) bond motifs is 1. The van der Waals surface area contributed by atoms with Gasteiger partial charge >= 0.3 is 6.03 Å². The van der Waals surface area contributed by atoms with Crippen LogP contribution in [0.2, 0.25) is 10.0 Å². The summed E-state index contributed by atoms with van der Waals surface area (Å²) in [6, 6.07) is 19.1. The SMILES string of the molecule is CCc1ccc(-n2c(C(C)N(CC)C(=O)Nc3ccc(Cl)c(Cl)c3)nc3ccccc3c2=O)cc1. The zero-order valence-electron chi connectivity index (χ0n) is 19.8. The van der Waals surface area contributed by atoms with E-state index in [1.807, 2.05) is 56.3 Å². The minimum atomic E-state index is -0.508. The highest BCUT2D eigenvalue weighted by Crippen LogP contribution is 2.27. The predicted octanol–water partition coefficient (Wildman–Crippen LogP) is 6.87. The zero-order valence-corrected chi connectivity index (χ0v) is 21.3. The normalized spacial score (nSPS) is 11.9. The van der Waals surface area contributed by atoms with Crippen LogP contribution in [0.1, 0.15) is 38.2 Å². The fraction of sp³-hybridized carbons (Fsp3) is 0.222. The van der Waals surface area contributed by atoms with E-state index >= 15 is 0 Å². The van der Waals surface area contributed by atoms with Crippen molar-refractivity contribution in [2.24, 2.45) is 0 Å². The summed E-state index contributed by atoms with van der Waals surface area (Å²) in [5.74, 6) is 0.476. The lowest BCUT2D eigenvalue weighted by Crippen LogP contribution is -2.39. The second kappa shape index (κ2) is 10.5. The van der Waals surface area contributed by atoms with Gasteiger partial charge in [-0.15, -0.1) is 0 Å². The van der Waals surface area contributed by atoms with E-state index < -0.39 is 6.04 Å². The molecule has 0 bridgehead atoms. The maximum atomic E-state index is 13.6. The van der Waals surface area contributed by atoms with Crippen molar-refractivity contribution in [2.45, 2.75) is 33.2 Å². The van der Waals surface area contributed by atoms with Crippen LogP contribution in [0.4, 0.5) is 10.5 Å². The van der Waals surface area contributed by atoms with Crippen LogP contribution < -0.4 is 10.9 Å². The largest absolute Gasteiger partial charge is 0.322 e. The summed E-state index contributed by atoms with van der Waals surface area (Å²) in [5.41, 5.74) is 2.80. The van der Waals surface area contributed by atoms with Gasteiger partial charge < -0.3 is 10.2 Å². The van der Waals surface area contributed by atoms with E-state index in [1.165, 1.54) is 5.56 Å². The molecule has 6 nitrogen and oxygen atoms in total. The molecule has 0 fully saturated rings. The minimum Gasteiger partial charge on any atom is -0.315 e. The van der Waals surface area contributed by atoms with E-state index in [0.717, 1.165) is 6.42 Å². The molecule has 0 aliphatic rings. The van der Waals surface area contributed by atoms with Crippen molar-refractivity contribution in [3.8, 4) is 5.69 Å². The van der Waals surface area contributed by atoms with Gasteiger partial charge in [0.25, 0.3) is 5.56 Å². The lowest BCUT2D eigenvalue weighted by atomic mass is 10.1. The molecule has 180 valence electrons. The Morgan fingerprint density at radius 1 is 1.03 bits per heavy atom. The average Bonchev–Trinajstić information content (AvgIpc) is 2.86. The quantitative estimate of drug-likeness (QED) is 0.309. The molecule has 0 radical (unpaired) electrons. The number of rotatable bonds is 6. The molecule has 0 saturated carbocycles. The number of aromatic nitrogens is 2. The molecule has 0 aliphatic heterocycles. The maximum Gasteiger partial charge on any atom is 0.322 e. The fourth-order valence-electron chi connectivity index (χ4n) is 4.06. The first-order valence-corrected chi connectivity index (χ1v) is 12.2. The van der Waals surface area contributed by atoms with E-state index in [9.17, 15) is 9.59 Å². The number of para-hydroxylation sites is 1. The smallest absolute Gasteiger partial charge is 0.315 e. The number of urea groups is 1. The number of aryl methyl sites for hydroxylation is 1. The molecule has 1 N–H and O–H groups in total. The van der Waals surface area contributed by atoms with Crippen molar-refractivity contribution in [1.29, 1.82) is 0 Å². The number of halogens is 2. The third-order valence-corrected chi connectivity index (χ3v) is 6.76. The summed E-state index contributed by atoms with van der Waals surface area (Å²) in [4.78, 5) is 33.3. The summed E-state index contributed by atoms with van der Waals surface area (Å²) < 4.78 is 1.60. The number of hydrogen-bond donors (Lipinski definition) is 1. The van der Waals surface area contributed by atoms with Crippen molar-refractivity contribution in [2.75, 3.05) is 11.9 Å². The van der Waals surface area contributed by atoms with Crippen molar-refractivity contribution in [3.05, 3.63) is 98.5 Å². The lowest BCUT2D eigenvalue weighted by Gasteiger charge is -2.29. The van der Waals surface area contributed by atoms with Crippen molar-refractivity contribution in [1.82, 2.24) is 14.5 Å². The molecular weight excluding hydrogens is 483 g/mol. The van der Waals surface area contributed by atoms with Gasteiger partial charge in [0.15, 0.2) is 0 Å². The molecule has 8 heteroatoms. The third-order valence-electron chi connectivity index (χ3n) is 6.02. The summed E-state index contributed by atoms with van der Waals surface area (Å²) in [7, 11) is 0. The number of nitrogens with zero attached hydrogens (tertiary/aromatic N) is 3. The number of benzene rings is 3. The molecular formula is C27H26Cl2N4O2. The predicted molar refractivity (Wildman–Crippen MR) is 143 cm³/mol. The number of nitrogens with one attached hydrogen (secondary N) is 1. The van der Waals surface area contributed by atoms with E-state index in [2.05, 4.69) is 12.2 Å². The first kappa shape index (κ1) is 24.8. The number of anilines is 1. The van der Waals surface area contributed by atoms with Gasteiger partial charge in [0.1, 0.15) is 5.82 Å². The van der Waals surface area contributed by atoms with E-state index in [1.54, 1.807) is 33.7 Å². The molecule has 0 saturated heterocycles. The first-order chi connectivity index (χ1) is 16.8. The van der Waals surface area contributed by atoms with Gasteiger partial charge in [-0.25, -0.2) is 9.78 Å². The molecule has 4 rings (SSSR count). The Bertz CT molecular complexity index is 1430. The molecule has 35 heavy (non-hydrogen) atoms. The Morgan fingerprint density at radius 2 is 1.74 bits per heavy atom. The third kappa shape index (κ3) is 5.04. The second-order valence-electron chi connectivity index (χ2n) is 8.17. The van der Waals surface area contributed by atoms with Gasteiger partial charge in [0.05, 0.1) is 32.7 Å². The van der Waals surface area contributed by atoms with Crippen LogP contribution >= 0.6 is 23.2 Å². The van der Waals surface area contributed by atoms with Crippen LogP contribution in [0.5, 0.6) is 0 Å². The van der Waals surface area contributed by atoms with Gasteiger partial charge in [0.2, 0.25) is 0 Å². The summed E-state index contributed by atoms with van der Waals surface area (Å²) in [6.07, 6.45) is 0.896. The van der Waals surface area contributed by atoms with Gasteiger partial charge in [-0.1, -0.05) is 54.4 Å². The van der Waals surface area contributed by atoms with Gasteiger partial charge in [-0.3, -0.25) is 9.36 Å². The van der Waals surface area contributed by atoms with E-state index in [4.69, 9.17) is 28.2 Å². The Morgan fingerprint density at radius 3 is 2.40 bits per heavy atom. The van der Waals surface area contributed by atoms with Crippen LogP contribution in [-0.2, 0) is 6.42 Å². The van der Waals surface area contributed by atoms with Gasteiger partial charge in [-0.2, -0.15) is 0 Å². The monoisotopic (exact) mass is 508 g/mol. The molecule has 1 aromatic heterocycles. The highest BCUT2D eigenvalue weighted by molar-refractivity contribution is 6.42. The number of hydrogen-bond acceptors (Lipinski definition) is 3. The first-order valence-electron chi connectivity index (χ1n) is 11.5. The van der Waals surface area contributed by atoms with Crippen LogP contribution in [0, 0.1) is 0 Å². The highest BCUT2D eigenvalue weighted by Gasteiger charge is 2.26. The van der Waals surface area contributed by atoms with Crippen molar-refractivity contribution < 1.29 is 4.79 Å². The standard InChI is InChI=1S/C27H26Cl2N4O2/c1-4-18-10-13-20(14-11-18)33-25(31-24-9-7-6-8-21(24)26(33)34)17(3)32(5-2)27(35)30-19-12-15-22(28)23(29)16-19/h6-17H,4-5H2,1-3H3,(H,30,35). The molecule has 1 heterocycles. The highest BCUT2D eigenvalue weighted by atomic mass is 35.5. The molecule has 0 aliphatic carbocycles. The van der Waals surface area contributed by atoms with E-state index in [0.29, 0.717) is 44.7 Å². The molecule has 4 aromatic rings. The summed E-state index contributed by atoms with van der Waals surface area (Å²) in [5, 5.41) is 4.14. The maximum absolute atomic E-state index is 13.6. The summed E-state index contributed by atoms with van der Waals surface area (Å²) >= 11 is 12.1. The van der Waals surface area contributed by atoms with Crippen molar-refractivity contribution in [3.63, 3.8) is 0 Å². The van der Waals surface area contributed by atoms with Gasteiger partial charge in [-0.05, 0) is 68.3 Å². The molecule has 0 spiro atoms. The molecule has 2 amide bonds. The average molecular weight is 509 g/mol. The summed E-state index contributed by atoms with van der Waals surface area (Å²) in [6.45, 7) is 6.22. The van der Waals surface area contributed by atoms with Crippen LogP contribution in [-0.4, -0.2) is 27.0 Å². The second-order valence-corrected chi connectivity index (χ2v) is 8.98. The Labute approximate surface area is 214 Å². The van der Waals surface area contributed by atoms with Crippen LogP contribution in [0.3, 0.4) is 0 Å². The van der Waals surface area contributed by atoms with Crippen molar-refractivity contribution >= 4 is 45.8 Å². The molecule has 1 unspecified atom stereocenters. The lowest BCUT2D eigenvalue weighted by molar-refractivity contribution is 0.193. The minimum absolute atomic E-state index is 0.178. The Balaban J connectivity index is 1.79. The fourth-order valence-corrected chi connectivity index (χ4v) is 4.36. The number of carbonyl (C=O) groups is 1. The molecule has 3 aromatic carbocycles. The topological polar surface area (TPSA) is 67.2 Å². The Kier molecular flexibility index (Phi) is 7.43. The zero-order chi connectivity index (χ0) is 25.1. The van der Waals surface area contributed by atoms with Gasteiger partial charge in [0, 0.05) is 12.2 Å². The van der Waals surface area contributed by atoms with E-state index in [-0.39, 0.29) is 11.6 Å². The number of carbonyl (C=O) groups excluding carboxylic acids is 1. The van der Waals surface area contributed by atoms with Crippen LogP contribution in [0.15, 0.2) is 71.5 Å². The number of amides is 2. The Hall–Kier alpha value is -3.35. The molecule has 1 atom stereocenters.